The number of carbonyl (C=O) groups is 1. The lowest BCUT2D eigenvalue weighted by molar-refractivity contribution is -0.137. The number of aliphatic carboxylic acids is 1. The van der Waals surface area contributed by atoms with E-state index in [0.717, 1.165) is 25.3 Å². The predicted octanol–water partition coefficient (Wildman–Crippen LogP) is 5.19. The molecule has 3 nitrogen and oxygen atoms in total. The van der Waals surface area contributed by atoms with E-state index in [1.54, 1.807) is 0 Å². The second-order valence-electron chi connectivity index (χ2n) is 4.82. The van der Waals surface area contributed by atoms with Crippen molar-refractivity contribution in [1.29, 1.82) is 0 Å². The molecule has 0 aliphatic heterocycles. The number of rotatable bonds is 14. The van der Waals surface area contributed by atoms with Crippen LogP contribution in [0.5, 0.6) is 0 Å². The number of unbranched alkanes of at least 4 members (excludes halogenated alkanes) is 2. The molecule has 3 heteroatoms. The molecule has 0 amide bonds. The third kappa shape index (κ3) is 18.3. The van der Waals surface area contributed by atoms with Gasteiger partial charge in [-0.2, -0.15) is 0 Å². The Kier molecular flexibility index (Phi) is 8.04. The van der Waals surface area contributed by atoms with Crippen LogP contribution in [0.2, 0.25) is 0 Å². The molecule has 0 bridgehead atoms. The van der Waals surface area contributed by atoms with Crippen LogP contribution in [-0.2, 0) is 4.79 Å². The van der Waals surface area contributed by atoms with Crippen LogP contribution >= 0.6 is 0 Å². The van der Waals surface area contributed by atoms with Crippen LogP contribution in [0, 0.1) is 0 Å². The number of hydrogen-bond acceptors (Lipinski definition) is 2. The van der Waals surface area contributed by atoms with Crippen LogP contribution in [0.4, 0.5) is 0 Å². The fourth-order valence-corrected chi connectivity index (χ4v) is 1.49. The molecule has 0 heterocycles. The van der Waals surface area contributed by atoms with E-state index in [4.69, 9.17) is 16.1 Å². The maximum atomic E-state index is 10.5. The van der Waals surface area contributed by atoms with Crippen molar-refractivity contribution >= 4 is 5.97 Å². The first-order valence-electron chi connectivity index (χ1n) is 11.9. The van der Waals surface area contributed by atoms with Crippen molar-refractivity contribution in [3.63, 3.8) is 0 Å². The van der Waals surface area contributed by atoms with Crippen molar-refractivity contribution in [2.24, 2.45) is 0 Å². The molecule has 130 valence electrons. The molecule has 0 fully saturated rings. The zero-order chi connectivity index (χ0) is 24.2. The zero-order valence-electron chi connectivity index (χ0n) is 21.7. The van der Waals surface area contributed by atoms with E-state index in [-0.39, 0.29) is 49.9 Å². The minimum Gasteiger partial charge on any atom is -0.481 e. The van der Waals surface area contributed by atoms with Crippen molar-refractivity contribution in [3.8, 4) is 0 Å². The maximum absolute atomic E-state index is 10.5. The molecule has 0 rings (SSSR count). The topological polar surface area (TPSA) is 57.5 Å². The summed E-state index contributed by atoms with van der Waals surface area (Å²) in [4.78, 5) is 10.5. The van der Waals surface area contributed by atoms with Gasteiger partial charge in [0, 0.05) is 6.42 Å². The van der Waals surface area contributed by atoms with Crippen LogP contribution in [-0.4, -0.2) is 22.3 Å². The van der Waals surface area contributed by atoms with Crippen molar-refractivity contribution in [1.82, 2.24) is 0 Å². The monoisotopic (exact) mass is 328 g/mol. The summed E-state index contributed by atoms with van der Waals surface area (Å²) in [6.07, 6.45) is 0.334. The van der Waals surface area contributed by atoms with E-state index >= 15 is 0 Å². The smallest absolute Gasteiger partial charge is 0.303 e. The van der Waals surface area contributed by atoms with Crippen molar-refractivity contribution in [2.75, 3.05) is 0 Å². The van der Waals surface area contributed by atoms with Crippen LogP contribution in [0.15, 0.2) is 48.4 Å². The van der Waals surface area contributed by atoms with Crippen LogP contribution < -0.4 is 0 Å². The van der Waals surface area contributed by atoms with Crippen molar-refractivity contribution in [2.45, 2.75) is 70.8 Å². The van der Waals surface area contributed by atoms with Crippen LogP contribution in [0.3, 0.4) is 0 Å². The molecular weight excluding hydrogens is 288 g/mol. The average molecular weight is 329 g/mol. The highest BCUT2D eigenvalue weighted by Gasteiger charge is 1.93. The summed E-state index contributed by atoms with van der Waals surface area (Å²) in [5.41, 5.74) is 0. The first-order chi connectivity index (χ1) is 14.3. The lowest BCUT2D eigenvalue weighted by Crippen LogP contribution is -1.98. The molecule has 2 N–H and O–H groups in total. The summed E-state index contributed by atoms with van der Waals surface area (Å²) >= 11 is 0. The molecule has 0 spiro atoms. The highest BCUT2D eigenvalue weighted by Crippen LogP contribution is 2.02. The number of allylic oxidation sites excluding steroid dienone is 6. The van der Waals surface area contributed by atoms with Gasteiger partial charge in [-0.1, -0.05) is 68.2 Å². The predicted molar refractivity (Wildman–Crippen MR) is 97.4 cm³/mol. The molecule has 0 aliphatic rings. The first kappa shape index (κ1) is 11.0. The molecule has 0 saturated carbocycles. The minimum absolute atomic E-state index is 0.00963. The van der Waals surface area contributed by atoms with Gasteiger partial charge in [0.2, 0.25) is 0 Å². The quantitative estimate of drug-likeness (QED) is 0.262. The Morgan fingerprint density at radius 3 is 2.61 bits per heavy atom. The summed E-state index contributed by atoms with van der Waals surface area (Å²) in [7, 11) is 0. The molecule has 1 atom stereocenters. The van der Waals surface area contributed by atoms with Gasteiger partial charge in [0.15, 0.2) is 0 Å². The van der Waals surface area contributed by atoms with E-state index in [1.165, 1.54) is 0 Å². The number of carboxylic acids is 1. The van der Waals surface area contributed by atoms with Crippen LogP contribution in [0.1, 0.15) is 75.7 Å². The summed E-state index contributed by atoms with van der Waals surface area (Å²) in [5.74, 6) is -1.01. The fourth-order valence-electron chi connectivity index (χ4n) is 1.49. The molecule has 0 radical (unpaired) electrons. The molecule has 0 aromatic carbocycles. The van der Waals surface area contributed by atoms with Gasteiger partial charge in [-0.3, -0.25) is 4.79 Å². The third-order valence-corrected chi connectivity index (χ3v) is 2.69. The normalized spacial score (nSPS) is 23.1. The molecule has 0 aromatic heterocycles. The summed E-state index contributed by atoms with van der Waals surface area (Å²) in [6.45, 7) is 2.00. The Morgan fingerprint density at radius 2 is 1.87 bits per heavy atom. The lowest BCUT2D eigenvalue weighted by Gasteiger charge is -1.99. The van der Waals surface area contributed by atoms with Gasteiger partial charge in [-0.15, -0.1) is 0 Å². The molecular formula is C20H32O3. The van der Waals surface area contributed by atoms with Gasteiger partial charge in [-0.25, -0.2) is 0 Å². The van der Waals surface area contributed by atoms with Gasteiger partial charge in [-0.05, 0) is 38.5 Å². The molecule has 0 saturated heterocycles. The van der Waals surface area contributed by atoms with Gasteiger partial charge < -0.3 is 10.2 Å². The Bertz CT molecular complexity index is 739. The van der Waals surface area contributed by atoms with Gasteiger partial charge in [0.25, 0.3) is 0 Å². The van der Waals surface area contributed by atoms with Gasteiger partial charge in [0.05, 0.1) is 17.0 Å². The Balaban J connectivity index is 5.24. The van der Waals surface area contributed by atoms with E-state index < -0.39 is 36.6 Å². The van der Waals surface area contributed by atoms with Crippen molar-refractivity contribution < 1.29 is 26.0 Å². The van der Waals surface area contributed by atoms with E-state index in [2.05, 4.69) is 0 Å². The van der Waals surface area contributed by atoms with Gasteiger partial charge in [0.1, 0.15) is 0 Å². The summed E-state index contributed by atoms with van der Waals surface area (Å²) in [5, 5.41) is 18.8. The van der Waals surface area contributed by atoms with Crippen LogP contribution in [0.25, 0.3) is 0 Å². The Hall–Kier alpha value is -1.61. The fraction of sp³-hybridized carbons (Fsp3) is 0.550. The molecule has 0 aromatic rings. The highest BCUT2D eigenvalue weighted by atomic mass is 16.4. The lowest BCUT2D eigenvalue weighted by atomic mass is 10.1. The number of hydrogen-bond donors (Lipinski definition) is 2. The summed E-state index contributed by atoms with van der Waals surface area (Å²) in [6, 6.07) is -2.27. The van der Waals surface area contributed by atoms with E-state index in [9.17, 15) is 9.90 Å². The average Bonchev–Trinajstić information content (AvgIpc) is 2.66. The molecule has 23 heavy (non-hydrogen) atoms. The maximum Gasteiger partial charge on any atom is 0.303 e. The second-order valence-corrected chi connectivity index (χ2v) is 4.82. The number of aliphatic hydroxyl groups is 1. The molecule has 0 aliphatic carbocycles. The van der Waals surface area contributed by atoms with E-state index in [0.29, 0.717) is 6.42 Å². The third-order valence-electron chi connectivity index (χ3n) is 2.69. The second kappa shape index (κ2) is 16.8. The highest BCUT2D eigenvalue weighted by molar-refractivity contribution is 5.66. The van der Waals surface area contributed by atoms with Gasteiger partial charge >= 0.3 is 5.97 Å². The standard InChI is InChI=1S/C20H32O3/c1-2-3-4-5-10-13-16-19(21)17-14-11-8-6-7-9-12-15-18-20(22)23/h7-11,13-14,17,19,21H,2-6,12,15-16,18H2,1H3,(H,22,23)/t19-/m0/s1/i7D,8D,9D,10D,11D,13D,17D,19D. The van der Waals surface area contributed by atoms with Crippen molar-refractivity contribution in [3.05, 3.63) is 48.4 Å². The number of carboxylic acid groups (broad SMARTS) is 1. The summed E-state index contributed by atoms with van der Waals surface area (Å²) < 4.78 is 62.7. The largest absolute Gasteiger partial charge is 0.481 e. The SMILES string of the molecule is [2H]C(=CC([2H])=C([2H])CC([2H])=C([2H])CCCC(=O)O)[C@@]([2H])(O)CC([2H])=C([2H])CCCCC. The van der Waals surface area contributed by atoms with E-state index in [1.807, 2.05) is 6.92 Å². The first-order valence-corrected chi connectivity index (χ1v) is 7.91. The molecule has 0 unspecified atom stereocenters. The Morgan fingerprint density at radius 1 is 1.13 bits per heavy atom. The minimum atomic E-state index is -2.53. The zero-order valence-corrected chi connectivity index (χ0v) is 13.7. The Labute approximate surface area is 152 Å².